The highest BCUT2D eigenvalue weighted by molar-refractivity contribution is 5.73. The van der Waals surface area contributed by atoms with E-state index in [0.29, 0.717) is 0 Å². The van der Waals surface area contributed by atoms with Crippen LogP contribution < -0.4 is 0 Å². The largest absolute Gasteiger partial charge is 0.480 e. The number of hydrogen-bond acceptors (Lipinski definition) is 3. The normalized spacial score (nSPS) is 25.9. The lowest BCUT2D eigenvalue weighted by atomic mass is 10.1. The lowest BCUT2D eigenvalue weighted by Gasteiger charge is -2.28. The first-order chi connectivity index (χ1) is 7.15. The van der Waals surface area contributed by atoms with E-state index < -0.39 is 5.97 Å². The van der Waals surface area contributed by atoms with Crippen LogP contribution in [0.5, 0.6) is 0 Å². The number of carboxylic acid groups (broad SMARTS) is 1. The van der Waals surface area contributed by atoms with Crippen LogP contribution in [0.3, 0.4) is 0 Å². The van der Waals surface area contributed by atoms with Crippen molar-refractivity contribution in [3.05, 3.63) is 0 Å². The van der Waals surface area contributed by atoms with Crippen molar-refractivity contribution < 1.29 is 14.6 Å². The Bertz CT molecular complexity index is 208. The van der Waals surface area contributed by atoms with E-state index in [4.69, 9.17) is 9.84 Å². The fraction of sp³-hybridized carbons (Fsp3) is 0.909. The van der Waals surface area contributed by atoms with Crippen LogP contribution >= 0.6 is 0 Å². The predicted molar refractivity (Wildman–Crippen MR) is 57.9 cm³/mol. The summed E-state index contributed by atoms with van der Waals surface area (Å²) in [5, 5.41) is 9.15. The van der Waals surface area contributed by atoms with Crippen molar-refractivity contribution in [3.63, 3.8) is 0 Å². The standard InChI is InChI=1S/C11H21NO3/c1-3-5-10(11(13)14)12-6-4-7-15-9(2)8-12/h9-10H,3-8H2,1-2H3,(H,13,14). The van der Waals surface area contributed by atoms with Gasteiger partial charge in [0.25, 0.3) is 0 Å². The maximum atomic E-state index is 11.1. The van der Waals surface area contributed by atoms with Crippen LogP contribution in [0, 0.1) is 0 Å². The Morgan fingerprint density at radius 2 is 2.40 bits per heavy atom. The molecule has 4 nitrogen and oxygen atoms in total. The number of ether oxygens (including phenoxy) is 1. The van der Waals surface area contributed by atoms with E-state index in [1.807, 2.05) is 18.7 Å². The first kappa shape index (κ1) is 12.5. The molecule has 1 fully saturated rings. The average molecular weight is 215 g/mol. The summed E-state index contributed by atoms with van der Waals surface area (Å²) in [6, 6.07) is -0.334. The third-order valence-corrected chi connectivity index (χ3v) is 2.77. The van der Waals surface area contributed by atoms with E-state index in [1.54, 1.807) is 0 Å². The van der Waals surface area contributed by atoms with E-state index in [-0.39, 0.29) is 12.1 Å². The van der Waals surface area contributed by atoms with Crippen LogP contribution in [0.1, 0.15) is 33.1 Å². The Kier molecular flexibility index (Phi) is 5.05. The van der Waals surface area contributed by atoms with Crippen LogP contribution in [0.15, 0.2) is 0 Å². The van der Waals surface area contributed by atoms with Gasteiger partial charge in [0.05, 0.1) is 6.10 Å². The van der Waals surface area contributed by atoms with Gasteiger partial charge in [-0.25, -0.2) is 0 Å². The van der Waals surface area contributed by atoms with Gasteiger partial charge in [-0.05, 0) is 19.8 Å². The molecule has 0 spiro atoms. The van der Waals surface area contributed by atoms with Gasteiger partial charge >= 0.3 is 5.97 Å². The quantitative estimate of drug-likeness (QED) is 0.769. The molecule has 1 aliphatic heterocycles. The molecular weight excluding hydrogens is 194 g/mol. The predicted octanol–water partition coefficient (Wildman–Crippen LogP) is 1.35. The molecule has 0 aromatic rings. The van der Waals surface area contributed by atoms with Crippen LogP contribution in [0.2, 0.25) is 0 Å². The highest BCUT2D eigenvalue weighted by Gasteiger charge is 2.27. The van der Waals surface area contributed by atoms with E-state index in [1.165, 1.54) is 0 Å². The molecule has 0 bridgehead atoms. The lowest BCUT2D eigenvalue weighted by molar-refractivity contribution is -0.143. The Hall–Kier alpha value is -0.610. The second kappa shape index (κ2) is 6.08. The fourth-order valence-corrected chi connectivity index (χ4v) is 2.05. The highest BCUT2D eigenvalue weighted by Crippen LogP contribution is 2.13. The zero-order valence-corrected chi connectivity index (χ0v) is 9.61. The molecule has 0 amide bonds. The van der Waals surface area contributed by atoms with Crippen LogP contribution in [-0.2, 0) is 9.53 Å². The second-order valence-electron chi connectivity index (χ2n) is 4.17. The topological polar surface area (TPSA) is 49.8 Å². The van der Waals surface area contributed by atoms with Crippen molar-refractivity contribution in [1.82, 2.24) is 4.90 Å². The zero-order valence-electron chi connectivity index (χ0n) is 9.61. The fourth-order valence-electron chi connectivity index (χ4n) is 2.05. The van der Waals surface area contributed by atoms with Crippen molar-refractivity contribution in [3.8, 4) is 0 Å². The highest BCUT2D eigenvalue weighted by atomic mass is 16.5. The third-order valence-electron chi connectivity index (χ3n) is 2.77. The summed E-state index contributed by atoms with van der Waals surface area (Å²) >= 11 is 0. The smallest absolute Gasteiger partial charge is 0.320 e. The van der Waals surface area contributed by atoms with Crippen molar-refractivity contribution in [2.24, 2.45) is 0 Å². The number of aliphatic carboxylic acids is 1. The molecule has 0 aromatic heterocycles. The van der Waals surface area contributed by atoms with Gasteiger partial charge in [0.1, 0.15) is 6.04 Å². The number of hydrogen-bond donors (Lipinski definition) is 1. The summed E-state index contributed by atoms with van der Waals surface area (Å²) in [5.74, 6) is -0.703. The van der Waals surface area contributed by atoms with Gasteiger partial charge in [-0.3, -0.25) is 9.69 Å². The van der Waals surface area contributed by atoms with Crippen molar-refractivity contribution in [1.29, 1.82) is 0 Å². The first-order valence-corrected chi connectivity index (χ1v) is 5.73. The molecule has 1 saturated heterocycles. The molecule has 2 atom stereocenters. The third kappa shape index (κ3) is 3.80. The summed E-state index contributed by atoms with van der Waals surface area (Å²) in [4.78, 5) is 13.2. The van der Waals surface area contributed by atoms with E-state index in [0.717, 1.165) is 39.0 Å². The van der Waals surface area contributed by atoms with E-state index in [9.17, 15) is 4.79 Å². The van der Waals surface area contributed by atoms with Gasteiger partial charge in [-0.2, -0.15) is 0 Å². The van der Waals surface area contributed by atoms with Gasteiger partial charge < -0.3 is 9.84 Å². The van der Waals surface area contributed by atoms with Gasteiger partial charge in [-0.1, -0.05) is 13.3 Å². The number of carbonyl (C=O) groups is 1. The summed E-state index contributed by atoms with van der Waals surface area (Å²) in [6.45, 7) is 6.34. The molecular formula is C11H21NO3. The molecule has 1 rings (SSSR count). The molecule has 1 N–H and O–H groups in total. The zero-order chi connectivity index (χ0) is 11.3. The Balaban J connectivity index is 2.59. The van der Waals surface area contributed by atoms with Crippen LogP contribution in [-0.4, -0.2) is 47.8 Å². The maximum Gasteiger partial charge on any atom is 0.320 e. The van der Waals surface area contributed by atoms with Gasteiger partial charge in [-0.15, -0.1) is 0 Å². The maximum absolute atomic E-state index is 11.1. The molecule has 1 heterocycles. The van der Waals surface area contributed by atoms with E-state index >= 15 is 0 Å². The summed E-state index contributed by atoms with van der Waals surface area (Å²) in [6.07, 6.45) is 2.70. The first-order valence-electron chi connectivity index (χ1n) is 5.73. The summed E-state index contributed by atoms with van der Waals surface area (Å²) in [5.41, 5.74) is 0. The van der Waals surface area contributed by atoms with Gasteiger partial charge in [0.2, 0.25) is 0 Å². The molecule has 4 heteroatoms. The average Bonchev–Trinajstić information content (AvgIpc) is 2.38. The molecule has 2 unspecified atom stereocenters. The molecule has 88 valence electrons. The molecule has 1 aliphatic rings. The molecule has 0 aliphatic carbocycles. The van der Waals surface area contributed by atoms with Crippen molar-refractivity contribution >= 4 is 5.97 Å². The molecule has 0 saturated carbocycles. The second-order valence-corrected chi connectivity index (χ2v) is 4.17. The summed E-state index contributed by atoms with van der Waals surface area (Å²) < 4.78 is 5.51. The Morgan fingerprint density at radius 3 is 3.00 bits per heavy atom. The van der Waals surface area contributed by atoms with Gasteiger partial charge in [0, 0.05) is 19.7 Å². The Morgan fingerprint density at radius 1 is 1.67 bits per heavy atom. The van der Waals surface area contributed by atoms with Crippen LogP contribution in [0.25, 0.3) is 0 Å². The van der Waals surface area contributed by atoms with Gasteiger partial charge in [0.15, 0.2) is 0 Å². The minimum Gasteiger partial charge on any atom is -0.480 e. The number of carboxylic acids is 1. The van der Waals surface area contributed by atoms with E-state index in [2.05, 4.69) is 0 Å². The lowest BCUT2D eigenvalue weighted by Crippen LogP contribution is -2.44. The monoisotopic (exact) mass is 215 g/mol. The molecule has 0 radical (unpaired) electrons. The van der Waals surface area contributed by atoms with Crippen molar-refractivity contribution in [2.45, 2.75) is 45.3 Å². The summed E-state index contributed by atoms with van der Waals surface area (Å²) in [7, 11) is 0. The minimum absolute atomic E-state index is 0.145. The number of rotatable bonds is 4. The number of nitrogens with zero attached hydrogens (tertiary/aromatic N) is 1. The SMILES string of the molecule is CCCC(C(=O)O)N1CCCOC(C)C1. The minimum atomic E-state index is -0.703. The van der Waals surface area contributed by atoms with Crippen LogP contribution in [0.4, 0.5) is 0 Å². The van der Waals surface area contributed by atoms with Crippen molar-refractivity contribution in [2.75, 3.05) is 19.7 Å². The Labute approximate surface area is 91.2 Å². The molecule has 15 heavy (non-hydrogen) atoms. The molecule has 0 aromatic carbocycles.